The van der Waals surface area contributed by atoms with Gasteiger partial charge in [-0.05, 0) is 73.2 Å². The molecule has 11 nitrogen and oxygen atoms in total. The smallest absolute Gasteiger partial charge is 0.452 e. The molecule has 4 N–H and O–H groups in total. The number of hydrogen-bond donors (Lipinski definition) is 4. The second kappa shape index (κ2) is 18.6. The van der Waals surface area contributed by atoms with Crippen LogP contribution in [-0.2, 0) is 43.3 Å². The summed E-state index contributed by atoms with van der Waals surface area (Å²) in [5, 5.41) is 10.5. The number of halogens is 4. The average molecular weight is 761 g/mol. The highest BCUT2D eigenvalue weighted by atomic mass is 35.5. The fourth-order valence-electron chi connectivity index (χ4n) is 5.09. The largest absolute Gasteiger partial charge is 0.497 e. The van der Waals surface area contributed by atoms with Gasteiger partial charge in [0.15, 0.2) is 0 Å². The topological polar surface area (TPSA) is 152 Å². The van der Waals surface area contributed by atoms with Crippen molar-refractivity contribution in [1.29, 1.82) is 0 Å². The molecule has 0 aliphatic heterocycles. The van der Waals surface area contributed by atoms with Crippen molar-refractivity contribution >= 4 is 41.2 Å². The lowest BCUT2D eigenvalue weighted by atomic mass is 9.97. The van der Waals surface area contributed by atoms with Crippen molar-refractivity contribution in [2.75, 3.05) is 7.11 Å². The molecule has 0 aliphatic rings. The van der Waals surface area contributed by atoms with Crippen LogP contribution < -0.4 is 26.0 Å². The summed E-state index contributed by atoms with van der Waals surface area (Å²) in [4.78, 5) is 65.1. The molecular weight excluding hydrogens is 717 g/mol. The van der Waals surface area contributed by atoms with Gasteiger partial charge in [0.25, 0.3) is 5.78 Å². The van der Waals surface area contributed by atoms with E-state index in [4.69, 9.17) is 21.1 Å². The van der Waals surface area contributed by atoms with Gasteiger partial charge in [0.05, 0.1) is 19.6 Å². The van der Waals surface area contributed by atoms with E-state index >= 15 is 0 Å². The Labute approximate surface area is 311 Å². The summed E-state index contributed by atoms with van der Waals surface area (Å²) >= 11 is 6.17. The van der Waals surface area contributed by atoms with Crippen molar-refractivity contribution in [3.8, 4) is 5.75 Å². The highest BCUT2D eigenvalue weighted by Gasteiger charge is 2.45. The van der Waals surface area contributed by atoms with Gasteiger partial charge in [-0.15, -0.1) is 0 Å². The van der Waals surface area contributed by atoms with Crippen molar-refractivity contribution < 1.29 is 46.6 Å². The van der Waals surface area contributed by atoms with Gasteiger partial charge in [-0.1, -0.05) is 74.0 Å². The third-order valence-corrected chi connectivity index (χ3v) is 7.96. The molecule has 15 heteroatoms. The molecule has 0 saturated heterocycles. The van der Waals surface area contributed by atoms with E-state index in [1.807, 2.05) is 0 Å². The quantitative estimate of drug-likeness (QED) is 0.154. The second-order valence-corrected chi connectivity index (χ2v) is 14.0. The zero-order valence-electron chi connectivity index (χ0n) is 30.2. The molecule has 0 aliphatic carbocycles. The molecule has 4 amide bonds. The molecule has 3 aromatic carbocycles. The lowest BCUT2D eigenvalue weighted by molar-refractivity contribution is -0.175. The first-order valence-electron chi connectivity index (χ1n) is 16.7. The molecule has 53 heavy (non-hydrogen) atoms. The van der Waals surface area contributed by atoms with Gasteiger partial charge in [-0.2, -0.15) is 13.2 Å². The lowest BCUT2D eigenvalue weighted by Gasteiger charge is -2.27. The van der Waals surface area contributed by atoms with Gasteiger partial charge >= 0.3 is 12.3 Å². The van der Waals surface area contributed by atoms with Crippen molar-refractivity contribution in [2.24, 2.45) is 5.92 Å². The number of hydrogen-bond acceptors (Lipinski definition) is 7. The maximum absolute atomic E-state index is 13.9. The van der Waals surface area contributed by atoms with E-state index in [1.54, 1.807) is 69.3 Å². The number of methoxy groups -OCH3 is 1. The first kappa shape index (κ1) is 42.3. The Morgan fingerprint density at radius 3 is 1.96 bits per heavy atom. The van der Waals surface area contributed by atoms with Crippen LogP contribution in [0.25, 0.3) is 0 Å². The SMILES string of the molecule is COc1ccc(C(NC(=O)C(Cc2cccc(Cl)c2)NC(=O)Cc2ccc(CNC(=O)OC(C)(C)C)cc2)C(=O)NC(C(=O)C(F)(F)F)C(C)C)cc1. The highest BCUT2D eigenvalue weighted by molar-refractivity contribution is 6.30. The summed E-state index contributed by atoms with van der Waals surface area (Å²) < 4.78 is 50.7. The van der Waals surface area contributed by atoms with Crippen LogP contribution in [0.2, 0.25) is 5.02 Å². The summed E-state index contributed by atoms with van der Waals surface area (Å²) in [6, 6.07) is 14.5. The number of ketones is 1. The summed E-state index contributed by atoms with van der Waals surface area (Å²) in [6.45, 7) is 8.13. The monoisotopic (exact) mass is 760 g/mol. The van der Waals surface area contributed by atoms with E-state index in [2.05, 4.69) is 21.3 Å². The molecule has 0 fully saturated rings. The minimum atomic E-state index is -5.22. The maximum atomic E-state index is 13.9. The van der Waals surface area contributed by atoms with Crippen molar-refractivity contribution in [3.63, 3.8) is 0 Å². The zero-order chi connectivity index (χ0) is 39.5. The molecule has 3 aromatic rings. The molecule has 0 bridgehead atoms. The minimum Gasteiger partial charge on any atom is -0.497 e. The number of rotatable bonds is 15. The van der Waals surface area contributed by atoms with E-state index < -0.39 is 65.4 Å². The van der Waals surface area contributed by atoms with Gasteiger partial charge < -0.3 is 30.7 Å². The van der Waals surface area contributed by atoms with Gasteiger partial charge in [-0.25, -0.2) is 4.79 Å². The predicted molar refractivity (Wildman–Crippen MR) is 192 cm³/mol. The molecule has 0 spiro atoms. The third kappa shape index (κ3) is 13.8. The maximum Gasteiger partial charge on any atom is 0.452 e. The summed E-state index contributed by atoms with van der Waals surface area (Å²) in [5.41, 5.74) is 1.43. The van der Waals surface area contributed by atoms with Crippen LogP contribution in [0.5, 0.6) is 5.75 Å². The van der Waals surface area contributed by atoms with E-state index in [-0.39, 0.29) is 24.9 Å². The standard InChI is InChI=1S/C38H44ClF3N4O7/c1-22(2)31(33(48)38(40,41)42)45-35(50)32(26-14-16-28(52-6)17-15-26)46-34(49)29(19-25-8-7-9-27(39)18-25)44-30(47)20-23-10-12-24(13-11-23)21-43-36(51)53-37(3,4)5/h7-18,22,29,31-32H,19-21H2,1-6H3,(H,43,51)(H,44,47)(H,45,50)(H,46,49). The molecule has 0 saturated carbocycles. The number of Topliss-reactive ketones (excluding diaryl/α,β-unsaturated/α-hetero) is 1. The average Bonchev–Trinajstić information content (AvgIpc) is 3.07. The third-order valence-electron chi connectivity index (χ3n) is 7.73. The Kier molecular flexibility index (Phi) is 14.8. The highest BCUT2D eigenvalue weighted by Crippen LogP contribution is 2.24. The first-order chi connectivity index (χ1) is 24.7. The first-order valence-corrected chi connectivity index (χ1v) is 17.1. The summed E-state index contributed by atoms with van der Waals surface area (Å²) in [7, 11) is 1.42. The van der Waals surface area contributed by atoms with Crippen molar-refractivity contribution in [3.05, 3.63) is 100 Å². The van der Waals surface area contributed by atoms with Crippen molar-refractivity contribution in [2.45, 2.75) is 83.9 Å². The number of carbonyl (C=O) groups excluding carboxylic acids is 5. The fraction of sp³-hybridized carbons (Fsp3) is 0.395. The van der Waals surface area contributed by atoms with Crippen LogP contribution in [0.1, 0.15) is 62.9 Å². The summed E-state index contributed by atoms with van der Waals surface area (Å²) in [6.07, 6.45) is -6.00. The van der Waals surface area contributed by atoms with Gasteiger partial charge in [0.2, 0.25) is 17.7 Å². The Balaban J connectivity index is 1.84. The molecule has 0 radical (unpaired) electrons. The van der Waals surface area contributed by atoms with Gasteiger partial charge in [-0.3, -0.25) is 19.2 Å². The molecule has 0 heterocycles. The summed E-state index contributed by atoms with van der Waals surface area (Å²) in [5.74, 6) is -5.13. The van der Waals surface area contributed by atoms with Gasteiger partial charge in [0.1, 0.15) is 23.4 Å². The number of amides is 4. The Hall–Kier alpha value is -5.11. The molecular formula is C38H44ClF3N4O7. The number of alkyl carbamates (subject to hydrolysis) is 1. The predicted octanol–water partition coefficient (Wildman–Crippen LogP) is 5.77. The number of nitrogens with one attached hydrogen (secondary N) is 4. The zero-order valence-corrected chi connectivity index (χ0v) is 31.0. The van der Waals surface area contributed by atoms with Gasteiger partial charge in [0, 0.05) is 18.0 Å². The van der Waals surface area contributed by atoms with Crippen LogP contribution in [-0.4, -0.2) is 60.6 Å². The molecule has 0 aromatic heterocycles. The normalized spacial score (nSPS) is 13.3. The van der Waals surface area contributed by atoms with E-state index in [0.717, 1.165) is 5.56 Å². The van der Waals surface area contributed by atoms with Crippen LogP contribution >= 0.6 is 11.6 Å². The van der Waals surface area contributed by atoms with E-state index in [1.165, 1.54) is 45.2 Å². The number of alkyl halides is 3. The molecule has 3 rings (SSSR count). The molecule has 3 atom stereocenters. The Bertz CT molecular complexity index is 1740. The number of ether oxygens (including phenoxy) is 2. The second-order valence-electron chi connectivity index (χ2n) is 13.6. The van der Waals surface area contributed by atoms with E-state index in [9.17, 15) is 37.1 Å². The Morgan fingerprint density at radius 1 is 0.792 bits per heavy atom. The minimum absolute atomic E-state index is 0.0640. The van der Waals surface area contributed by atoms with Crippen LogP contribution in [0.4, 0.5) is 18.0 Å². The van der Waals surface area contributed by atoms with Crippen molar-refractivity contribution in [1.82, 2.24) is 21.3 Å². The van der Waals surface area contributed by atoms with Crippen LogP contribution in [0.3, 0.4) is 0 Å². The Morgan fingerprint density at radius 2 is 1.42 bits per heavy atom. The number of benzene rings is 3. The fourth-order valence-corrected chi connectivity index (χ4v) is 5.30. The lowest BCUT2D eigenvalue weighted by Crippen LogP contribution is -2.55. The number of carbonyl (C=O) groups is 5. The molecule has 3 unspecified atom stereocenters. The van der Waals surface area contributed by atoms with Crippen LogP contribution in [0, 0.1) is 5.92 Å². The van der Waals surface area contributed by atoms with Crippen LogP contribution in [0.15, 0.2) is 72.8 Å². The van der Waals surface area contributed by atoms with E-state index in [0.29, 0.717) is 21.9 Å². The molecule has 286 valence electrons.